The van der Waals surface area contributed by atoms with E-state index in [9.17, 15) is 9.59 Å². The fraction of sp³-hybridized carbons (Fsp3) is 0.682. The van der Waals surface area contributed by atoms with Crippen LogP contribution in [0.3, 0.4) is 0 Å². The Hall–Kier alpha value is -1.99. The van der Waals surface area contributed by atoms with Gasteiger partial charge < -0.3 is 15.4 Å². The van der Waals surface area contributed by atoms with Gasteiger partial charge >= 0.3 is 0 Å². The first-order valence-corrected chi connectivity index (χ1v) is 10.9. The summed E-state index contributed by atoms with van der Waals surface area (Å²) in [4.78, 5) is 31.1. The molecule has 0 bridgehead atoms. The lowest BCUT2D eigenvalue weighted by atomic mass is 10.1. The van der Waals surface area contributed by atoms with Crippen molar-refractivity contribution in [3.05, 3.63) is 30.1 Å². The Balaban J connectivity index is 1.43. The summed E-state index contributed by atoms with van der Waals surface area (Å²) in [5, 5.41) is 6.04. The van der Waals surface area contributed by atoms with Gasteiger partial charge in [-0.3, -0.25) is 19.5 Å². The van der Waals surface area contributed by atoms with E-state index in [1.165, 1.54) is 12.8 Å². The van der Waals surface area contributed by atoms with Crippen LogP contribution >= 0.6 is 0 Å². The molecule has 0 radical (unpaired) electrons. The molecule has 3 rings (SSSR count). The van der Waals surface area contributed by atoms with E-state index in [-0.39, 0.29) is 24.5 Å². The van der Waals surface area contributed by atoms with Crippen LogP contribution < -0.4 is 10.6 Å². The Morgan fingerprint density at radius 2 is 1.97 bits per heavy atom. The minimum atomic E-state index is -0.0612. The minimum Gasteiger partial charge on any atom is -0.372 e. The molecule has 1 saturated carbocycles. The predicted molar refractivity (Wildman–Crippen MR) is 111 cm³/mol. The summed E-state index contributed by atoms with van der Waals surface area (Å²) in [6, 6.07) is 6.41. The average molecular weight is 403 g/mol. The van der Waals surface area contributed by atoms with Gasteiger partial charge in [0.2, 0.25) is 11.8 Å². The van der Waals surface area contributed by atoms with Crippen LogP contribution in [0.25, 0.3) is 0 Å². The molecule has 7 heteroatoms. The molecule has 0 aromatic carbocycles. The summed E-state index contributed by atoms with van der Waals surface area (Å²) in [6.07, 6.45) is 7.64. The van der Waals surface area contributed by atoms with Gasteiger partial charge in [0.25, 0.3) is 0 Å². The summed E-state index contributed by atoms with van der Waals surface area (Å²) in [5.74, 6) is 0.797. The van der Waals surface area contributed by atoms with Gasteiger partial charge in [0.1, 0.15) is 6.61 Å². The lowest BCUT2D eigenvalue weighted by molar-refractivity contribution is -0.126. The van der Waals surface area contributed by atoms with Gasteiger partial charge in [-0.2, -0.15) is 0 Å². The number of aromatic nitrogens is 1. The Kier molecular flexibility index (Phi) is 8.43. The summed E-state index contributed by atoms with van der Waals surface area (Å²) >= 11 is 0. The number of nitrogens with zero attached hydrogens (tertiary/aromatic N) is 2. The lowest BCUT2D eigenvalue weighted by Gasteiger charge is -2.30. The lowest BCUT2D eigenvalue weighted by Crippen LogP contribution is -2.46. The van der Waals surface area contributed by atoms with Gasteiger partial charge in [0, 0.05) is 63.1 Å². The van der Waals surface area contributed by atoms with E-state index in [1.54, 1.807) is 6.20 Å². The molecule has 160 valence electrons. The number of carbonyl (C=O) groups excluding carboxylic acids is 2. The van der Waals surface area contributed by atoms with Crippen LogP contribution in [0.4, 0.5) is 0 Å². The van der Waals surface area contributed by atoms with Crippen LogP contribution in [0.15, 0.2) is 24.4 Å². The van der Waals surface area contributed by atoms with Crippen molar-refractivity contribution in [2.45, 2.75) is 57.5 Å². The van der Waals surface area contributed by atoms with Crippen molar-refractivity contribution in [3.63, 3.8) is 0 Å². The highest BCUT2D eigenvalue weighted by Crippen LogP contribution is 2.35. The van der Waals surface area contributed by atoms with Gasteiger partial charge in [-0.05, 0) is 50.7 Å². The summed E-state index contributed by atoms with van der Waals surface area (Å²) in [6.45, 7) is 4.83. The van der Waals surface area contributed by atoms with Crippen LogP contribution in [-0.2, 0) is 20.7 Å². The second kappa shape index (κ2) is 11.3. The van der Waals surface area contributed by atoms with Crippen molar-refractivity contribution in [2.75, 3.05) is 32.8 Å². The van der Waals surface area contributed by atoms with Gasteiger partial charge in [-0.15, -0.1) is 0 Å². The van der Waals surface area contributed by atoms with Crippen LogP contribution in [0, 0.1) is 5.92 Å². The molecule has 7 nitrogen and oxygen atoms in total. The molecular formula is C22H34N4O3. The van der Waals surface area contributed by atoms with Crippen molar-refractivity contribution in [1.82, 2.24) is 20.5 Å². The molecule has 2 fully saturated rings. The third kappa shape index (κ3) is 7.40. The summed E-state index contributed by atoms with van der Waals surface area (Å²) in [7, 11) is 0. The fourth-order valence-electron chi connectivity index (χ4n) is 3.99. The maximum Gasteiger partial charge on any atom is 0.246 e. The van der Waals surface area contributed by atoms with Gasteiger partial charge in [-0.1, -0.05) is 6.07 Å². The average Bonchev–Trinajstić information content (AvgIpc) is 3.47. The first-order valence-electron chi connectivity index (χ1n) is 10.9. The standard InChI is InChI=1S/C22H34N4O3/c1-2-29-16-22(28)25-14-20-9-8-19(26(20)15-17-6-7-17)13-21(27)24-12-10-18-5-3-4-11-23-18/h3-5,11,17,19-20H,2,6-10,12-16H2,1H3,(H,24,27)(H,25,28)/t19-,20+/m1/s1. The number of pyridine rings is 1. The van der Waals surface area contributed by atoms with Gasteiger partial charge in [0.15, 0.2) is 0 Å². The highest BCUT2D eigenvalue weighted by Gasteiger charge is 2.37. The molecule has 2 N–H and O–H groups in total. The van der Waals surface area contributed by atoms with Crippen molar-refractivity contribution >= 4 is 11.8 Å². The largest absolute Gasteiger partial charge is 0.372 e. The number of amides is 2. The third-order valence-electron chi connectivity index (χ3n) is 5.76. The van der Waals surface area contributed by atoms with Crippen molar-refractivity contribution in [2.24, 2.45) is 5.92 Å². The Labute approximate surface area is 173 Å². The molecule has 1 aliphatic heterocycles. The Bertz CT molecular complexity index is 651. The van der Waals surface area contributed by atoms with Crippen molar-refractivity contribution in [1.29, 1.82) is 0 Å². The summed E-state index contributed by atoms with van der Waals surface area (Å²) < 4.78 is 5.17. The Morgan fingerprint density at radius 1 is 1.14 bits per heavy atom. The molecule has 0 unspecified atom stereocenters. The molecule has 2 aliphatic rings. The highest BCUT2D eigenvalue weighted by atomic mass is 16.5. The van der Waals surface area contributed by atoms with Gasteiger partial charge in [-0.25, -0.2) is 0 Å². The number of hydrogen-bond donors (Lipinski definition) is 2. The molecule has 2 atom stereocenters. The number of hydrogen-bond acceptors (Lipinski definition) is 5. The van der Waals surface area contributed by atoms with E-state index in [1.807, 2.05) is 25.1 Å². The fourth-order valence-corrected chi connectivity index (χ4v) is 3.99. The van der Waals surface area contributed by atoms with Gasteiger partial charge in [0.05, 0.1) is 0 Å². The summed E-state index contributed by atoms with van der Waals surface area (Å²) in [5.41, 5.74) is 0.992. The molecule has 1 aromatic heterocycles. The quantitative estimate of drug-likeness (QED) is 0.554. The van der Waals surface area contributed by atoms with Crippen LogP contribution in [0.2, 0.25) is 0 Å². The van der Waals surface area contributed by atoms with E-state index in [0.29, 0.717) is 32.2 Å². The molecule has 29 heavy (non-hydrogen) atoms. The van der Waals surface area contributed by atoms with Crippen molar-refractivity contribution in [3.8, 4) is 0 Å². The molecule has 1 saturated heterocycles. The second-order valence-corrected chi connectivity index (χ2v) is 8.09. The zero-order valence-electron chi connectivity index (χ0n) is 17.4. The molecule has 0 spiro atoms. The Morgan fingerprint density at radius 3 is 2.69 bits per heavy atom. The maximum atomic E-state index is 12.5. The van der Waals surface area contributed by atoms with E-state index in [2.05, 4.69) is 20.5 Å². The molecule has 2 heterocycles. The number of nitrogens with one attached hydrogen (secondary N) is 2. The molecule has 1 aromatic rings. The van der Waals surface area contributed by atoms with Crippen LogP contribution in [-0.4, -0.2) is 66.6 Å². The van der Waals surface area contributed by atoms with E-state index in [4.69, 9.17) is 4.74 Å². The van der Waals surface area contributed by atoms with Crippen LogP contribution in [0.1, 0.15) is 44.7 Å². The van der Waals surface area contributed by atoms with Crippen molar-refractivity contribution < 1.29 is 14.3 Å². The number of likely N-dealkylation sites (tertiary alicyclic amines) is 1. The SMILES string of the molecule is CCOCC(=O)NC[C@@H]1CC[C@H](CC(=O)NCCc2ccccn2)N1CC1CC1. The molecule has 1 aliphatic carbocycles. The van der Waals surface area contributed by atoms with Crippen LogP contribution in [0.5, 0.6) is 0 Å². The first kappa shape index (κ1) is 21.7. The number of ether oxygens (including phenoxy) is 1. The smallest absolute Gasteiger partial charge is 0.246 e. The third-order valence-corrected chi connectivity index (χ3v) is 5.76. The van der Waals surface area contributed by atoms with E-state index >= 15 is 0 Å². The molecule has 2 amide bonds. The monoisotopic (exact) mass is 402 g/mol. The zero-order chi connectivity index (χ0) is 20.5. The molecular weight excluding hydrogens is 368 g/mol. The number of rotatable bonds is 12. The topological polar surface area (TPSA) is 83.6 Å². The van der Waals surface area contributed by atoms with E-state index < -0.39 is 0 Å². The maximum absolute atomic E-state index is 12.5. The normalized spacial score (nSPS) is 21.8. The first-order chi connectivity index (χ1) is 14.2. The zero-order valence-corrected chi connectivity index (χ0v) is 17.4. The second-order valence-electron chi connectivity index (χ2n) is 8.09. The van der Waals surface area contributed by atoms with E-state index in [0.717, 1.165) is 37.4 Å². The highest BCUT2D eigenvalue weighted by molar-refractivity contribution is 5.77. The minimum absolute atomic E-state index is 0.0612. The predicted octanol–water partition coefficient (Wildman–Crippen LogP) is 1.53. The number of carbonyl (C=O) groups is 2.